The summed E-state index contributed by atoms with van der Waals surface area (Å²) < 4.78 is 28.7. The SMILES string of the molecule is CC1CS(=O)(=O)CCN1C(=O)c1cc2cc(N)ccc2o1. The third kappa shape index (κ3) is 2.61. The van der Waals surface area contributed by atoms with Gasteiger partial charge in [0, 0.05) is 23.7 Å². The first-order valence-electron chi connectivity index (χ1n) is 6.66. The van der Waals surface area contributed by atoms with Gasteiger partial charge in [-0.3, -0.25) is 4.79 Å². The average molecular weight is 308 g/mol. The highest BCUT2D eigenvalue weighted by molar-refractivity contribution is 7.91. The second kappa shape index (κ2) is 4.77. The van der Waals surface area contributed by atoms with E-state index in [4.69, 9.17) is 10.2 Å². The number of benzene rings is 1. The summed E-state index contributed by atoms with van der Waals surface area (Å²) in [5, 5.41) is 0.760. The summed E-state index contributed by atoms with van der Waals surface area (Å²) in [5.74, 6) is -0.0868. The summed E-state index contributed by atoms with van der Waals surface area (Å²) in [6.45, 7) is 1.93. The second-order valence-electron chi connectivity index (χ2n) is 5.37. The van der Waals surface area contributed by atoms with Crippen LogP contribution < -0.4 is 5.73 Å². The van der Waals surface area contributed by atoms with Crippen molar-refractivity contribution in [1.29, 1.82) is 0 Å². The third-order valence-electron chi connectivity index (χ3n) is 3.68. The van der Waals surface area contributed by atoms with Crippen LogP contribution in [0.4, 0.5) is 5.69 Å². The average Bonchev–Trinajstić information content (AvgIpc) is 2.80. The van der Waals surface area contributed by atoms with Gasteiger partial charge in [0.25, 0.3) is 5.91 Å². The molecule has 1 saturated heterocycles. The molecule has 21 heavy (non-hydrogen) atoms. The van der Waals surface area contributed by atoms with Crippen molar-refractivity contribution in [2.45, 2.75) is 13.0 Å². The van der Waals surface area contributed by atoms with Crippen molar-refractivity contribution in [2.75, 3.05) is 23.8 Å². The molecule has 112 valence electrons. The molecule has 7 heteroatoms. The van der Waals surface area contributed by atoms with Crippen LogP contribution in [-0.4, -0.2) is 43.3 Å². The lowest BCUT2D eigenvalue weighted by Crippen LogP contribution is -2.49. The van der Waals surface area contributed by atoms with E-state index in [1.54, 1.807) is 36.1 Å². The fourth-order valence-corrected chi connectivity index (χ4v) is 4.17. The molecule has 1 aromatic carbocycles. The first-order valence-corrected chi connectivity index (χ1v) is 8.48. The van der Waals surface area contributed by atoms with Crippen molar-refractivity contribution in [1.82, 2.24) is 4.90 Å². The fourth-order valence-electron chi connectivity index (χ4n) is 2.61. The number of carbonyl (C=O) groups is 1. The molecule has 2 heterocycles. The minimum atomic E-state index is -3.05. The lowest BCUT2D eigenvalue weighted by atomic mass is 10.2. The molecular weight excluding hydrogens is 292 g/mol. The molecule has 1 unspecified atom stereocenters. The summed E-state index contributed by atoms with van der Waals surface area (Å²) in [4.78, 5) is 14.0. The Kier molecular flexibility index (Phi) is 3.16. The Hall–Kier alpha value is -2.02. The molecule has 3 rings (SSSR count). The number of rotatable bonds is 1. The van der Waals surface area contributed by atoms with Gasteiger partial charge >= 0.3 is 0 Å². The van der Waals surface area contributed by atoms with E-state index in [9.17, 15) is 13.2 Å². The molecule has 0 spiro atoms. The summed E-state index contributed by atoms with van der Waals surface area (Å²) >= 11 is 0. The van der Waals surface area contributed by atoms with Crippen molar-refractivity contribution in [2.24, 2.45) is 0 Å². The van der Waals surface area contributed by atoms with Gasteiger partial charge in [-0.15, -0.1) is 0 Å². The zero-order valence-electron chi connectivity index (χ0n) is 11.6. The Labute approximate surface area is 122 Å². The zero-order valence-corrected chi connectivity index (χ0v) is 12.4. The lowest BCUT2D eigenvalue weighted by Gasteiger charge is -2.32. The van der Waals surface area contributed by atoms with Crippen LogP contribution in [0.1, 0.15) is 17.5 Å². The van der Waals surface area contributed by atoms with Gasteiger partial charge in [-0.05, 0) is 31.2 Å². The van der Waals surface area contributed by atoms with E-state index < -0.39 is 9.84 Å². The van der Waals surface area contributed by atoms with Crippen LogP contribution in [-0.2, 0) is 9.84 Å². The van der Waals surface area contributed by atoms with Gasteiger partial charge in [0.1, 0.15) is 5.58 Å². The maximum absolute atomic E-state index is 12.5. The van der Waals surface area contributed by atoms with Gasteiger partial charge in [0.2, 0.25) is 0 Å². The molecule has 1 aromatic heterocycles. The number of furan rings is 1. The van der Waals surface area contributed by atoms with Crippen molar-refractivity contribution in [3.8, 4) is 0 Å². The fraction of sp³-hybridized carbons (Fsp3) is 0.357. The molecule has 2 N–H and O–H groups in total. The molecular formula is C14H16N2O4S. The Morgan fingerprint density at radius 1 is 1.38 bits per heavy atom. The third-order valence-corrected chi connectivity index (χ3v) is 5.48. The van der Waals surface area contributed by atoms with Crippen LogP contribution in [0, 0.1) is 0 Å². The van der Waals surface area contributed by atoms with Crippen molar-refractivity contribution < 1.29 is 17.6 Å². The zero-order chi connectivity index (χ0) is 15.2. The molecule has 0 bridgehead atoms. The topological polar surface area (TPSA) is 93.6 Å². The van der Waals surface area contributed by atoms with Crippen LogP contribution in [0.2, 0.25) is 0 Å². The number of nitrogens with zero attached hydrogens (tertiary/aromatic N) is 1. The highest BCUT2D eigenvalue weighted by atomic mass is 32.2. The number of nitrogen functional groups attached to an aromatic ring is 1. The lowest BCUT2D eigenvalue weighted by molar-refractivity contribution is 0.0682. The maximum atomic E-state index is 12.5. The van der Waals surface area contributed by atoms with Crippen molar-refractivity contribution in [3.05, 3.63) is 30.0 Å². The summed E-state index contributed by atoms with van der Waals surface area (Å²) in [7, 11) is -3.05. The maximum Gasteiger partial charge on any atom is 0.289 e. The largest absolute Gasteiger partial charge is 0.451 e. The van der Waals surface area contributed by atoms with E-state index in [2.05, 4.69) is 0 Å². The van der Waals surface area contributed by atoms with E-state index in [-0.39, 0.29) is 35.8 Å². The Bertz CT molecular complexity index is 809. The van der Waals surface area contributed by atoms with Crippen molar-refractivity contribution >= 4 is 32.4 Å². The number of nitrogens with two attached hydrogens (primary N) is 1. The van der Waals surface area contributed by atoms with Gasteiger partial charge < -0.3 is 15.1 Å². The molecule has 1 atom stereocenters. The summed E-state index contributed by atoms with van der Waals surface area (Å²) in [6.07, 6.45) is 0. The Balaban J connectivity index is 1.90. The molecule has 2 aromatic rings. The summed E-state index contributed by atoms with van der Waals surface area (Å²) in [5.41, 5.74) is 6.89. The molecule has 1 amide bonds. The van der Waals surface area contributed by atoms with Gasteiger partial charge in [-0.1, -0.05) is 0 Å². The normalized spacial score (nSPS) is 21.6. The van der Waals surface area contributed by atoms with Gasteiger partial charge in [-0.25, -0.2) is 8.42 Å². The number of hydrogen-bond acceptors (Lipinski definition) is 5. The predicted octanol–water partition coefficient (Wildman–Crippen LogP) is 1.27. The number of hydrogen-bond donors (Lipinski definition) is 1. The first-order chi connectivity index (χ1) is 9.85. The highest BCUT2D eigenvalue weighted by Crippen LogP contribution is 2.24. The van der Waals surface area contributed by atoms with Crippen LogP contribution in [0.5, 0.6) is 0 Å². The van der Waals surface area contributed by atoms with E-state index in [0.29, 0.717) is 11.3 Å². The molecule has 6 nitrogen and oxygen atoms in total. The van der Waals surface area contributed by atoms with Gasteiger partial charge in [0.15, 0.2) is 15.6 Å². The minimum Gasteiger partial charge on any atom is -0.451 e. The number of fused-ring (bicyclic) bond motifs is 1. The molecule has 0 saturated carbocycles. The highest BCUT2D eigenvalue weighted by Gasteiger charge is 2.32. The van der Waals surface area contributed by atoms with Crippen LogP contribution in [0.15, 0.2) is 28.7 Å². The summed E-state index contributed by atoms with van der Waals surface area (Å²) in [6, 6.07) is 6.44. The molecule has 0 aliphatic carbocycles. The number of anilines is 1. The van der Waals surface area contributed by atoms with Crippen LogP contribution in [0.3, 0.4) is 0 Å². The van der Waals surface area contributed by atoms with E-state index in [0.717, 1.165) is 5.39 Å². The number of sulfone groups is 1. The smallest absolute Gasteiger partial charge is 0.289 e. The molecule has 1 aliphatic rings. The minimum absolute atomic E-state index is 0.00371. The monoisotopic (exact) mass is 308 g/mol. The van der Waals surface area contributed by atoms with Crippen molar-refractivity contribution in [3.63, 3.8) is 0 Å². The van der Waals surface area contributed by atoms with E-state index >= 15 is 0 Å². The Morgan fingerprint density at radius 2 is 2.14 bits per heavy atom. The standard InChI is InChI=1S/C14H16N2O4S/c1-9-8-21(18,19)5-4-16(9)14(17)13-7-10-6-11(15)2-3-12(10)20-13/h2-3,6-7,9H,4-5,8,15H2,1H3. The number of carbonyl (C=O) groups excluding carboxylic acids is 1. The van der Waals surface area contributed by atoms with E-state index in [1.165, 1.54) is 0 Å². The predicted molar refractivity (Wildman–Crippen MR) is 79.8 cm³/mol. The quantitative estimate of drug-likeness (QED) is 0.801. The first kappa shape index (κ1) is 13.9. The van der Waals surface area contributed by atoms with Gasteiger partial charge in [0.05, 0.1) is 11.5 Å². The van der Waals surface area contributed by atoms with E-state index in [1.807, 2.05) is 0 Å². The van der Waals surface area contributed by atoms with Crippen LogP contribution >= 0.6 is 0 Å². The number of amides is 1. The van der Waals surface area contributed by atoms with Gasteiger partial charge in [-0.2, -0.15) is 0 Å². The molecule has 0 radical (unpaired) electrons. The Morgan fingerprint density at radius 3 is 2.86 bits per heavy atom. The second-order valence-corrected chi connectivity index (χ2v) is 7.60. The van der Waals surface area contributed by atoms with Crippen LogP contribution in [0.25, 0.3) is 11.0 Å². The molecule has 1 aliphatic heterocycles. The molecule has 1 fully saturated rings.